The summed E-state index contributed by atoms with van der Waals surface area (Å²) in [5, 5.41) is 14.0. The number of phenols is 1. The number of piperidine rings is 1. The lowest BCUT2D eigenvalue weighted by Gasteiger charge is -2.38. The molecule has 2 aromatic heterocycles. The number of anilines is 1. The Morgan fingerprint density at radius 1 is 1.12 bits per heavy atom. The van der Waals surface area contributed by atoms with Gasteiger partial charge in [0.2, 0.25) is 5.56 Å². The lowest BCUT2D eigenvalue weighted by molar-refractivity contribution is 0.176. The number of benzene rings is 1. The Labute approximate surface area is 185 Å². The molecule has 0 saturated carbocycles. The van der Waals surface area contributed by atoms with Crippen LogP contribution in [0.4, 0.5) is 10.2 Å². The van der Waals surface area contributed by atoms with Crippen LogP contribution in [0.5, 0.6) is 5.75 Å². The molecule has 3 N–H and O–H groups in total. The predicted molar refractivity (Wildman–Crippen MR) is 122 cm³/mol. The van der Waals surface area contributed by atoms with Gasteiger partial charge in [0.1, 0.15) is 17.7 Å². The number of rotatable bonds is 4. The maximum Gasteiger partial charge on any atom is 0.248 e. The number of nitrogens with one attached hydrogen (secondary N) is 2. The first-order chi connectivity index (χ1) is 15.4. The number of hydrogen-bond donors (Lipinski definition) is 3. The predicted octanol–water partition coefficient (Wildman–Crippen LogP) is 3.18. The molecule has 2 fully saturated rings. The van der Waals surface area contributed by atoms with Crippen molar-refractivity contribution >= 4 is 5.82 Å². The van der Waals surface area contributed by atoms with E-state index >= 15 is 0 Å². The summed E-state index contributed by atoms with van der Waals surface area (Å²) in [6.45, 7) is 1.81. The summed E-state index contributed by atoms with van der Waals surface area (Å²) < 4.78 is 14.9. The molecular formula is C24H26FN5O2. The second-order valence-corrected chi connectivity index (χ2v) is 8.81. The summed E-state index contributed by atoms with van der Waals surface area (Å²) in [4.78, 5) is 25.3. The quantitative estimate of drug-likeness (QED) is 0.583. The van der Waals surface area contributed by atoms with E-state index in [1.165, 1.54) is 6.07 Å². The first-order valence-electron chi connectivity index (χ1n) is 10.9. The molecule has 32 heavy (non-hydrogen) atoms. The zero-order valence-electron chi connectivity index (χ0n) is 18.0. The van der Waals surface area contributed by atoms with E-state index in [2.05, 4.69) is 20.3 Å². The first kappa shape index (κ1) is 20.6. The molecule has 8 heteroatoms. The molecule has 166 valence electrons. The number of aromatic amines is 1. The third kappa shape index (κ3) is 3.75. The lowest BCUT2D eigenvalue weighted by atomic mass is 9.96. The number of aromatic hydroxyl groups is 1. The van der Waals surface area contributed by atoms with Crippen LogP contribution in [0.1, 0.15) is 25.0 Å². The Hall–Kier alpha value is -3.26. The van der Waals surface area contributed by atoms with Gasteiger partial charge in [-0.05, 0) is 55.5 Å². The second kappa shape index (κ2) is 8.02. The molecule has 4 atom stereocenters. The molecule has 0 aliphatic carbocycles. The van der Waals surface area contributed by atoms with Crippen LogP contribution in [0.15, 0.2) is 47.5 Å². The highest BCUT2D eigenvalue weighted by Gasteiger charge is 2.43. The molecule has 4 heterocycles. The summed E-state index contributed by atoms with van der Waals surface area (Å²) in [5.74, 6) is 0.660. The molecule has 2 aliphatic rings. The van der Waals surface area contributed by atoms with E-state index < -0.39 is 6.17 Å². The van der Waals surface area contributed by atoms with Crippen LogP contribution in [0.25, 0.3) is 22.4 Å². The van der Waals surface area contributed by atoms with Crippen molar-refractivity contribution < 1.29 is 9.50 Å². The first-order valence-corrected chi connectivity index (χ1v) is 10.9. The van der Waals surface area contributed by atoms with Crippen molar-refractivity contribution in [3.8, 4) is 28.1 Å². The molecule has 2 bridgehead atoms. The number of aryl methyl sites for hydroxylation is 1. The molecular weight excluding hydrogens is 409 g/mol. The van der Waals surface area contributed by atoms with E-state index in [-0.39, 0.29) is 23.4 Å². The fraction of sp³-hybridized carbons (Fsp3) is 0.375. The minimum atomic E-state index is -0.939. The Morgan fingerprint density at radius 2 is 1.97 bits per heavy atom. The number of pyridine rings is 1. The van der Waals surface area contributed by atoms with E-state index in [4.69, 9.17) is 0 Å². The van der Waals surface area contributed by atoms with Crippen molar-refractivity contribution in [1.29, 1.82) is 0 Å². The van der Waals surface area contributed by atoms with E-state index in [0.717, 1.165) is 36.1 Å². The zero-order valence-corrected chi connectivity index (χ0v) is 18.0. The number of fused-ring (bicyclic) bond motifs is 2. The van der Waals surface area contributed by atoms with Gasteiger partial charge in [-0.25, -0.2) is 9.37 Å². The Morgan fingerprint density at radius 3 is 2.69 bits per heavy atom. The summed E-state index contributed by atoms with van der Waals surface area (Å²) in [5.41, 5.74) is 3.09. The number of aromatic nitrogens is 3. The van der Waals surface area contributed by atoms with Gasteiger partial charge in [0, 0.05) is 36.5 Å². The average Bonchev–Trinajstić information content (AvgIpc) is 3.19. The van der Waals surface area contributed by atoms with Crippen molar-refractivity contribution in [1.82, 2.24) is 20.3 Å². The van der Waals surface area contributed by atoms with Crippen LogP contribution in [0.2, 0.25) is 0 Å². The van der Waals surface area contributed by atoms with Gasteiger partial charge in [0.05, 0.1) is 24.1 Å². The van der Waals surface area contributed by atoms with Crippen molar-refractivity contribution in [2.45, 2.75) is 50.5 Å². The third-order valence-corrected chi connectivity index (χ3v) is 6.64. The van der Waals surface area contributed by atoms with Crippen LogP contribution in [-0.4, -0.2) is 51.4 Å². The SMILES string of the molecule is Cc1cc(-c2ccc(-c3cnc(N(C)[C@H]4C[C@@H]5CCC(N5)[C@H]4F)cn3)c(O)c2)cc(=O)[nH]1. The summed E-state index contributed by atoms with van der Waals surface area (Å²) in [7, 11) is 1.86. The fourth-order valence-corrected chi connectivity index (χ4v) is 4.94. The van der Waals surface area contributed by atoms with Gasteiger partial charge in [-0.2, -0.15) is 0 Å². The molecule has 5 rings (SSSR count). The summed E-state index contributed by atoms with van der Waals surface area (Å²) in [6, 6.07) is 8.63. The molecule has 0 spiro atoms. The number of alkyl halides is 1. The van der Waals surface area contributed by atoms with Crippen molar-refractivity contribution in [2.75, 3.05) is 11.9 Å². The number of H-pyrrole nitrogens is 1. The van der Waals surface area contributed by atoms with Crippen LogP contribution in [0.3, 0.4) is 0 Å². The largest absolute Gasteiger partial charge is 0.507 e. The van der Waals surface area contributed by atoms with Gasteiger partial charge >= 0.3 is 0 Å². The van der Waals surface area contributed by atoms with Crippen LogP contribution < -0.4 is 15.8 Å². The van der Waals surface area contributed by atoms with Gasteiger partial charge in [0.25, 0.3) is 0 Å². The molecule has 0 radical (unpaired) electrons. The molecule has 1 unspecified atom stereocenters. The highest BCUT2D eigenvalue weighted by Crippen LogP contribution is 2.35. The zero-order chi connectivity index (χ0) is 22.4. The molecule has 3 aromatic rings. The Balaban J connectivity index is 1.37. The van der Waals surface area contributed by atoms with Gasteiger partial charge in [-0.1, -0.05) is 6.07 Å². The highest BCUT2D eigenvalue weighted by molar-refractivity contribution is 5.74. The maximum absolute atomic E-state index is 14.9. The molecule has 2 saturated heterocycles. The number of halogens is 1. The average molecular weight is 436 g/mol. The second-order valence-electron chi connectivity index (χ2n) is 8.81. The monoisotopic (exact) mass is 435 g/mol. The minimum Gasteiger partial charge on any atom is -0.507 e. The van der Waals surface area contributed by atoms with Crippen molar-refractivity contribution in [2.24, 2.45) is 0 Å². The van der Waals surface area contributed by atoms with E-state index in [9.17, 15) is 14.3 Å². The van der Waals surface area contributed by atoms with Gasteiger partial charge in [0.15, 0.2) is 0 Å². The van der Waals surface area contributed by atoms with Crippen molar-refractivity contribution in [3.05, 3.63) is 58.8 Å². The molecule has 7 nitrogen and oxygen atoms in total. The third-order valence-electron chi connectivity index (χ3n) is 6.64. The Kier molecular flexibility index (Phi) is 5.17. The fourth-order valence-electron chi connectivity index (χ4n) is 4.94. The summed E-state index contributed by atoms with van der Waals surface area (Å²) in [6.07, 6.45) is 4.94. The number of hydrogen-bond acceptors (Lipinski definition) is 6. The van der Waals surface area contributed by atoms with Crippen LogP contribution >= 0.6 is 0 Å². The lowest BCUT2D eigenvalue weighted by Crippen LogP contribution is -2.55. The molecule has 1 aromatic carbocycles. The normalized spacial score (nSPS) is 24.5. The minimum absolute atomic E-state index is 0.0505. The molecule has 0 amide bonds. The van der Waals surface area contributed by atoms with Crippen molar-refractivity contribution in [3.63, 3.8) is 0 Å². The van der Waals surface area contributed by atoms with Gasteiger partial charge < -0.3 is 20.3 Å². The van der Waals surface area contributed by atoms with Gasteiger partial charge in [-0.15, -0.1) is 0 Å². The van der Waals surface area contributed by atoms with E-state index in [1.54, 1.807) is 24.5 Å². The van der Waals surface area contributed by atoms with E-state index in [1.807, 2.05) is 31.0 Å². The Bertz CT molecular complexity index is 1200. The van der Waals surface area contributed by atoms with Gasteiger partial charge in [-0.3, -0.25) is 9.78 Å². The standard InChI is InChI=1S/C24H26FN5O2/c1-13-7-15(9-23(32)28-13)14-3-5-17(21(31)8-14)19-11-27-22(12-26-19)30(2)20-10-16-4-6-18(29-16)24(20)25/h3,5,7-9,11-12,16,18,20,24,29,31H,4,6,10H2,1-2H3,(H,28,32)/t16-,18?,20-,24+/m0/s1. The summed E-state index contributed by atoms with van der Waals surface area (Å²) >= 11 is 0. The number of phenolic OH excluding ortho intramolecular Hbond substituents is 1. The topological polar surface area (TPSA) is 94.1 Å². The molecule has 2 aliphatic heterocycles. The van der Waals surface area contributed by atoms with E-state index in [0.29, 0.717) is 23.1 Å². The van der Waals surface area contributed by atoms with Crippen LogP contribution in [0, 0.1) is 6.92 Å². The smallest absolute Gasteiger partial charge is 0.248 e. The highest BCUT2D eigenvalue weighted by atomic mass is 19.1. The number of nitrogens with zero attached hydrogens (tertiary/aromatic N) is 3. The van der Waals surface area contributed by atoms with Crippen LogP contribution in [-0.2, 0) is 0 Å². The maximum atomic E-state index is 14.9.